The number of benzene rings is 1. The molecular formula is C19H28N2O4. The van der Waals surface area contributed by atoms with Crippen LogP contribution in [0.2, 0.25) is 0 Å². The van der Waals surface area contributed by atoms with Crippen LogP contribution in [-0.2, 0) is 16.0 Å². The summed E-state index contributed by atoms with van der Waals surface area (Å²) in [5, 5.41) is 12.0. The molecule has 0 spiro atoms. The quantitative estimate of drug-likeness (QED) is 0.707. The molecule has 2 N–H and O–H groups in total. The van der Waals surface area contributed by atoms with Crippen molar-refractivity contribution in [2.45, 2.75) is 26.2 Å². The molecule has 1 aromatic rings. The Morgan fingerprint density at radius 1 is 1.24 bits per heavy atom. The van der Waals surface area contributed by atoms with Crippen molar-refractivity contribution in [3.8, 4) is 0 Å². The molecule has 0 aliphatic carbocycles. The highest BCUT2D eigenvalue weighted by Crippen LogP contribution is 2.21. The van der Waals surface area contributed by atoms with E-state index in [0.717, 1.165) is 12.8 Å². The number of carbonyl (C=O) groups is 2. The van der Waals surface area contributed by atoms with Crippen molar-refractivity contribution >= 4 is 12.0 Å². The van der Waals surface area contributed by atoms with Gasteiger partial charge < -0.3 is 20.1 Å². The van der Waals surface area contributed by atoms with Gasteiger partial charge in [0.2, 0.25) is 0 Å². The molecule has 2 rings (SSSR count). The van der Waals surface area contributed by atoms with Crippen molar-refractivity contribution in [3.63, 3.8) is 0 Å². The molecule has 1 aliphatic heterocycles. The van der Waals surface area contributed by atoms with Gasteiger partial charge in [-0.25, -0.2) is 4.79 Å². The Labute approximate surface area is 149 Å². The van der Waals surface area contributed by atoms with E-state index in [1.54, 1.807) is 4.90 Å². The molecule has 1 saturated heterocycles. The monoisotopic (exact) mass is 348 g/mol. The number of carboxylic acids is 1. The summed E-state index contributed by atoms with van der Waals surface area (Å²) in [4.78, 5) is 24.9. The average Bonchev–Trinajstić information content (AvgIpc) is 2.61. The number of nitrogens with zero attached hydrogens (tertiary/aromatic N) is 1. The van der Waals surface area contributed by atoms with Gasteiger partial charge in [-0.3, -0.25) is 4.79 Å². The Hall–Kier alpha value is -2.08. The predicted octanol–water partition coefficient (Wildman–Crippen LogP) is 2.39. The van der Waals surface area contributed by atoms with Crippen LogP contribution in [0.25, 0.3) is 0 Å². The molecule has 0 radical (unpaired) electrons. The first kappa shape index (κ1) is 19.2. The first-order valence-corrected chi connectivity index (χ1v) is 8.93. The number of amides is 2. The molecule has 138 valence electrons. The molecule has 1 aliphatic rings. The maximum absolute atomic E-state index is 12.2. The third-order valence-electron chi connectivity index (χ3n) is 4.42. The number of urea groups is 1. The number of hydrogen-bond acceptors (Lipinski definition) is 3. The van der Waals surface area contributed by atoms with Crippen molar-refractivity contribution in [3.05, 3.63) is 35.9 Å². The minimum Gasteiger partial charge on any atom is -0.481 e. The van der Waals surface area contributed by atoms with Gasteiger partial charge in [0, 0.05) is 26.2 Å². The molecule has 6 heteroatoms. The third-order valence-corrected chi connectivity index (χ3v) is 4.42. The van der Waals surface area contributed by atoms with E-state index in [1.165, 1.54) is 5.56 Å². The van der Waals surface area contributed by atoms with Gasteiger partial charge in [0.25, 0.3) is 0 Å². The fourth-order valence-corrected chi connectivity index (χ4v) is 3.11. The molecule has 1 aromatic carbocycles. The molecule has 0 bridgehead atoms. The van der Waals surface area contributed by atoms with Crippen LogP contribution in [0, 0.1) is 11.8 Å². The molecule has 2 unspecified atom stereocenters. The molecule has 0 aromatic heterocycles. The molecule has 2 amide bonds. The molecule has 1 heterocycles. The van der Waals surface area contributed by atoms with E-state index < -0.39 is 11.9 Å². The lowest BCUT2D eigenvalue weighted by molar-refractivity contribution is -0.143. The summed E-state index contributed by atoms with van der Waals surface area (Å²) in [5.41, 5.74) is 1.25. The van der Waals surface area contributed by atoms with Crippen molar-refractivity contribution in [2.24, 2.45) is 11.8 Å². The number of piperidine rings is 1. The SMILES string of the molecule is CC1CC(C(=O)O)CN(C(=O)NCCCOCCc2ccccc2)C1. The molecule has 2 atom stereocenters. The summed E-state index contributed by atoms with van der Waals surface area (Å²) >= 11 is 0. The van der Waals surface area contributed by atoms with E-state index >= 15 is 0 Å². The highest BCUT2D eigenvalue weighted by atomic mass is 16.5. The van der Waals surface area contributed by atoms with Crippen LogP contribution in [0.3, 0.4) is 0 Å². The van der Waals surface area contributed by atoms with Crippen LogP contribution >= 0.6 is 0 Å². The molecule has 25 heavy (non-hydrogen) atoms. The minimum atomic E-state index is -0.823. The van der Waals surface area contributed by atoms with Crippen molar-refractivity contribution < 1.29 is 19.4 Å². The zero-order valence-corrected chi connectivity index (χ0v) is 14.8. The normalized spacial score (nSPS) is 20.3. The number of hydrogen-bond donors (Lipinski definition) is 2. The predicted molar refractivity (Wildman–Crippen MR) is 95.5 cm³/mol. The lowest BCUT2D eigenvalue weighted by Crippen LogP contribution is -2.49. The van der Waals surface area contributed by atoms with Crippen molar-refractivity contribution in [2.75, 3.05) is 32.8 Å². The number of nitrogens with one attached hydrogen (secondary N) is 1. The Kier molecular flexibility index (Phi) is 7.73. The number of ether oxygens (including phenoxy) is 1. The highest BCUT2D eigenvalue weighted by molar-refractivity contribution is 5.76. The van der Waals surface area contributed by atoms with Gasteiger partial charge in [0.1, 0.15) is 0 Å². The Morgan fingerprint density at radius 3 is 2.72 bits per heavy atom. The fourth-order valence-electron chi connectivity index (χ4n) is 3.11. The van der Waals surface area contributed by atoms with E-state index in [2.05, 4.69) is 17.4 Å². The van der Waals surface area contributed by atoms with E-state index in [-0.39, 0.29) is 11.9 Å². The van der Waals surface area contributed by atoms with Crippen molar-refractivity contribution in [1.29, 1.82) is 0 Å². The second kappa shape index (κ2) is 10.0. The maximum Gasteiger partial charge on any atom is 0.317 e. The van der Waals surface area contributed by atoms with Gasteiger partial charge in [-0.2, -0.15) is 0 Å². The van der Waals surface area contributed by atoms with Gasteiger partial charge in [-0.1, -0.05) is 37.3 Å². The first-order valence-electron chi connectivity index (χ1n) is 8.93. The van der Waals surface area contributed by atoms with Crippen LogP contribution in [-0.4, -0.2) is 54.9 Å². The van der Waals surface area contributed by atoms with Gasteiger partial charge in [0.05, 0.1) is 12.5 Å². The van der Waals surface area contributed by atoms with Gasteiger partial charge in [0.15, 0.2) is 0 Å². The number of carbonyl (C=O) groups excluding carboxylic acids is 1. The summed E-state index contributed by atoms with van der Waals surface area (Å²) in [5.74, 6) is -1.08. The van der Waals surface area contributed by atoms with E-state index in [9.17, 15) is 9.59 Å². The summed E-state index contributed by atoms with van der Waals surface area (Å²) < 4.78 is 5.59. The zero-order valence-electron chi connectivity index (χ0n) is 14.8. The van der Waals surface area contributed by atoms with Crippen LogP contribution in [0.5, 0.6) is 0 Å². The summed E-state index contributed by atoms with van der Waals surface area (Å²) in [6.07, 6.45) is 2.26. The fraction of sp³-hybridized carbons (Fsp3) is 0.579. The van der Waals surface area contributed by atoms with E-state index in [0.29, 0.717) is 39.3 Å². The van der Waals surface area contributed by atoms with Gasteiger partial charge in [-0.05, 0) is 30.7 Å². The standard InChI is InChI=1S/C19H28N2O4/c1-15-12-17(18(22)23)14-21(13-15)19(24)20-9-5-10-25-11-8-16-6-3-2-4-7-16/h2-4,6-7,15,17H,5,8-14H2,1H3,(H,20,24)(H,22,23). The lowest BCUT2D eigenvalue weighted by Gasteiger charge is -2.34. The summed E-state index contributed by atoms with van der Waals surface area (Å²) in [6.45, 7) is 4.69. The zero-order chi connectivity index (χ0) is 18.1. The van der Waals surface area contributed by atoms with E-state index in [4.69, 9.17) is 9.84 Å². The first-order chi connectivity index (χ1) is 12.1. The Morgan fingerprint density at radius 2 is 2.00 bits per heavy atom. The topological polar surface area (TPSA) is 78.9 Å². The molecule has 6 nitrogen and oxygen atoms in total. The Balaban J connectivity index is 1.56. The second-order valence-corrected chi connectivity index (χ2v) is 6.71. The van der Waals surface area contributed by atoms with Gasteiger partial charge in [-0.15, -0.1) is 0 Å². The summed E-state index contributed by atoms with van der Waals surface area (Å²) in [7, 11) is 0. The number of rotatable bonds is 8. The van der Waals surface area contributed by atoms with Gasteiger partial charge >= 0.3 is 12.0 Å². The summed E-state index contributed by atoms with van der Waals surface area (Å²) in [6, 6.07) is 10.0. The smallest absolute Gasteiger partial charge is 0.317 e. The molecule has 1 fully saturated rings. The largest absolute Gasteiger partial charge is 0.481 e. The lowest BCUT2D eigenvalue weighted by atomic mass is 9.91. The average molecular weight is 348 g/mol. The number of likely N-dealkylation sites (tertiary alicyclic amines) is 1. The Bertz CT molecular complexity index is 550. The van der Waals surface area contributed by atoms with Crippen LogP contribution in [0.15, 0.2) is 30.3 Å². The van der Waals surface area contributed by atoms with E-state index in [1.807, 2.05) is 25.1 Å². The molecule has 0 saturated carbocycles. The second-order valence-electron chi connectivity index (χ2n) is 6.71. The van der Waals surface area contributed by atoms with Crippen LogP contribution in [0.1, 0.15) is 25.3 Å². The molecular weight excluding hydrogens is 320 g/mol. The number of aliphatic carboxylic acids is 1. The minimum absolute atomic E-state index is 0.179. The van der Waals surface area contributed by atoms with Crippen LogP contribution in [0.4, 0.5) is 4.79 Å². The third kappa shape index (κ3) is 6.74. The van der Waals surface area contributed by atoms with Crippen molar-refractivity contribution in [1.82, 2.24) is 10.2 Å². The highest BCUT2D eigenvalue weighted by Gasteiger charge is 2.31. The number of carboxylic acid groups (broad SMARTS) is 1. The maximum atomic E-state index is 12.2. The van der Waals surface area contributed by atoms with Crippen LogP contribution < -0.4 is 5.32 Å².